The average Bonchev–Trinajstić information content (AvgIpc) is 2.90. The minimum absolute atomic E-state index is 0.0130. The number of Topliss-reactive ketones (excluding diaryl/α,β-unsaturated/α-hetero) is 1. The van der Waals surface area contributed by atoms with Gasteiger partial charge in [-0.05, 0) is 90.1 Å². The highest BCUT2D eigenvalue weighted by Gasteiger charge is 2.78. The molecule has 158 valence electrons. The Morgan fingerprint density at radius 2 is 1.68 bits per heavy atom. The van der Waals surface area contributed by atoms with Crippen molar-refractivity contribution >= 4 is 21.7 Å². The number of alkyl halides is 5. The second kappa shape index (κ2) is 6.25. The van der Waals surface area contributed by atoms with Crippen molar-refractivity contribution in [2.75, 3.05) is 0 Å². The van der Waals surface area contributed by atoms with E-state index in [1.807, 2.05) is 0 Å². The van der Waals surface area contributed by atoms with E-state index >= 15 is 0 Å². The van der Waals surface area contributed by atoms with Gasteiger partial charge in [0.1, 0.15) is 5.60 Å². The predicted octanol–water partition coefficient (Wildman–Crippen LogP) is 5.78. The maximum Gasteiger partial charge on any atom is 0.456 e. The van der Waals surface area contributed by atoms with Gasteiger partial charge in [0.25, 0.3) is 0 Å². The van der Waals surface area contributed by atoms with Crippen molar-refractivity contribution in [2.45, 2.75) is 76.0 Å². The number of ketones is 1. The molecule has 6 atom stereocenters. The lowest BCUT2D eigenvalue weighted by Crippen LogP contribution is -2.65. The lowest BCUT2D eigenvalue weighted by Gasteiger charge is -2.56. The number of allylic oxidation sites excluding steroid dienone is 1. The zero-order valence-electron chi connectivity index (χ0n) is 15.6. The summed E-state index contributed by atoms with van der Waals surface area (Å²) in [6.45, 7) is 1.44. The Bertz CT molecular complexity index is 733. The van der Waals surface area contributed by atoms with Crippen LogP contribution in [0.2, 0.25) is 0 Å². The van der Waals surface area contributed by atoms with Gasteiger partial charge in [0.05, 0.1) is 4.48 Å². The largest absolute Gasteiger partial charge is 0.456 e. The van der Waals surface area contributed by atoms with E-state index in [1.165, 1.54) is 6.92 Å². The van der Waals surface area contributed by atoms with E-state index in [-0.39, 0.29) is 42.3 Å². The molecule has 4 unspecified atom stereocenters. The minimum atomic E-state index is -5.77. The van der Waals surface area contributed by atoms with Crippen LogP contribution in [0.15, 0.2) is 10.1 Å². The summed E-state index contributed by atoms with van der Waals surface area (Å²) in [5, 5.41) is 10.8. The van der Waals surface area contributed by atoms with Crippen LogP contribution in [0.3, 0.4) is 0 Å². The average molecular weight is 471 g/mol. The zero-order valence-corrected chi connectivity index (χ0v) is 17.2. The highest BCUT2D eigenvalue weighted by molar-refractivity contribution is 9.12. The van der Waals surface area contributed by atoms with Crippen LogP contribution in [0.4, 0.5) is 22.0 Å². The fourth-order valence-corrected chi connectivity index (χ4v) is 7.69. The molecule has 2 nitrogen and oxygen atoms in total. The number of carbonyl (C=O) groups excluding carboxylic acids is 1. The summed E-state index contributed by atoms with van der Waals surface area (Å²) >= 11 is 3.41. The standard InChI is InChI=1S/C20H24BrF5O2/c1-17-8-6-11-10-4-5-15(27)16(21)13(10)3-2-12(11)14(17)7-9-18(17,28)19(22,23)20(24,25)26/h10-12,14,28H,2-9H2,1H3/t10?,11?,12?,14?,17-,18-/m0/s1. The molecule has 4 rings (SSSR count). The van der Waals surface area contributed by atoms with Crippen LogP contribution in [0.1, 0.15) is 58.3 Å². The maximum atomic E-state index is 14.4. The molecule has 4 aliphatic carbocycles. The molecule has 0 bridgehead atoms. The number of fused-ring (bicyclic) bond motifs is 5. The van der Waals surface area contributed by atoms with Gasteiger partial charge in [-0.1, -0.05) is 6.92 Å². The van der Waals surface area contributed by atoms with Gasteiger partial charge in [0.15, 0.2) is 5.78 Å². The Hall–Kier alpha value is -0.500. The van der Waals surface area contributed by atoms with E-state index in [1.54, 1.807) is 0 Å². The van der Waals surface area contributed by atoms with Crippen LogP contribution in [0.25, 0.3) is 0 Å². The van der Waals surface area contributed by atoms with Crippen molar-refractivity contribution < 1.29 is 31.9 Å². The maximum absolute atomic E-state index is 14.4. The molecule has 0 radical (unpaired) electrons. The van der Waals surface area contributed by atoms with Gasteiger partial charge in [-0.25, -0.2) is 0 Å². The second-order valence-corrected chi connectivity index (χ2v) is 10.1. The van der Waals surface area contributed by atoms with E-state index in [2.05, 4.69) is 15.9 Å². The topological polar surface area (TPSA) is 37.3 Å². The third-order valence-electron chi connectivity index (χ3n) is 8.44. The molecule has 3 fully saturated rings. The summed E-state index contributed by atoms with van der Waals surface area (Å²) in [5.41, 5.74) is -3.43. The van der Waals surface area contributed by atoms with Gasteiger partial charge in [-0.3, -0.25) is 4.79 Å². The van der Waals surface area contributed by atoms with Crippen molar-refractivity contribution in [3.05, 3.63) is 10.1 Å². The number of carbonyl (C=O) groups is 1. The molecule has 0 spiro atoms. The van der Waals surface area contributed by atoms with Crippen LogP contribution in [0, 0.1) is 29.1 Å². The molecule has 1 N–H and O–H groups in total. The lowest BCUT2D eigenvalue weighted by atomic mass is 9.50. The smallest absolute Gasteiger partial charge is 0.383 e. The molecule has 0 heterocycles. The fraction of sp³-hybridized carbons (Fsp3) is 0.850. The zero-order chi connectivity index (χ0) is 20.7. The molecule has 4 aliphatic rings. The van der Waals surface area contributed by atoms with Crippen LogP contribution in [-0.4, -0.2) is 28.6 Å². The molecule has 8 heteroatoms. The molecular formula is C20H24BrF5O2. The molecule has 0 aliphatic heterocycles. The molecule has 0 aromatic carbocycles. The van der Waals surface area contributed by atoms with Gasteiger partial charge in [0, 0.05) is 11.8 Å². The summed E-state index contributed by atoms with van der Waals surface area (Å²) in [6, 6.07) is 0. The van der Waals surface area contributed by atoms with E-state index in [0.717, 1.165) is 12.0 Å². The fourth-order valence-electron chi connectivity index (χ4n) is 7.00. The number of rotatable bonds is 1. The Labute approximate surface area is 169 Å². The molecule has 28 heavy (non-hydrogen) atoms. The summed E-state index contributed by atoms with van der Waals surface area (Å²) < 4.78 is 68.9. The predicted molar refractivity (Wildman–Crippen MR) is 95.9 cm³/mol. The SMILES string of the molecule is C[C@]12CCC3C4CCC(=O)C(Br)=C4CCC3C1CC[C@@]2(O)C(F)(F)C(F)(F)F. The molecule has 3 saturated carbocycles. The minimum Gasteiger partial charge on any atom is -0.383 e. The van der Waals surface area contributed by atoms with Gasteiger partial charge < -0.3 is 5.11 Å². The first-order valence-electron chi connectivity index (χ1n) is 9.94. The monoisotopic (exact) mass is 470 g/mol. The normalized spacial score (nSPS) is 44.2. The van der Waals surface area contributed by atoms with Crippen LogP contribution in [0.5, 0.6) is 0 Å². The summed E-state index contributed by atoms with van der Waals surface area (Å²) in [4.78, 5) is 12.0. The van der Waals surface area contributed by atoms with Crippen LogP contribution in [-0.2, 0) is 4.79 Å². The molecule has 0 aromatic heterocycles. The van der Waals surface area contributed by atoms with Crippen LogP contribution >= 0.6 is 15.9 Å². The summed E-state index contributed by atoms with van der Waals surface area (Å²) in [7, 11) is 0. The number of hydrogen-bond acceptors (Lipinski definition) is 2. The third-order valence-corrected chi connectivity index (χ3v) is 9.39. The van der Waals surface area contributed by atoms with Gasteiger partial charge >= 0.3 is 12.1 Å². The Kier molecular flexibility index (Phi) is 4.64. The van der Waals surface area contributed by atoms with E-state index in [0.29, 0.717) is 30.2 Å². The Morgan fingerprint density at radius 1 is 1.00 bits per heavy atom. The van der Waals surface area contributed by atoms with Gasteiger partial charge in [-0.2, -0.15) is 22.0 Å². The van der Waals surface area contributed by atoms with Crippen LogP contribution < -0.4 is 0 Å². The molecule has 0 aromatic rings. The van der Waals surface area contributed by atoms with Gasteiger partial charge in [0.2, 0.25) is 0 Å². The number of hydrogen-bond donors (Lipinski definition) is 1. The Morgan fingerprint density at radius 3 is 2.32 bits per heavy atom. The van der Waals surface area contributed by atoms with E-state index < -0.39 is 29.5 Å². The lowest BCUT2D eigenvalue weighted by molar-refractivity contribution is -0.363. The van der Waals surface area contributed by atoms with E-state index in [4.69, 9.17) is 0 Å². The third kappa shape index (κ3) is 2.48. The molecular weight excluding hydrogens is 447 g/mol. The second-order valence-electron chi connectivity index (χ2n) is 9.31. The summed E-state index contributed by atoms with van der Waals surface area (Å²) in [6.07, 6.45) is -2.95. The van der Waals surface area contributed by atoms with Crippen molar-refractivity contribution in [3.63, 3.8) is 0 Å². The Balaban J connectivity index is 1.68. The van der Waals surface area contributed by atoms with E-state index in [9.17, 15) is 31.9 Å². The highest BCUT2D eigenvalue weighted by Crippen LogP contribution is 2.69. The first-order valence-corrected chi connectivity index (χ1v) is 10.7. The first kappa shape index (κ1) is 20.8. The van der Waals surface area contributed by atoms with Crippen molar-refractivity contribution in [1.29, 1.82) is 0 Å². The van der Waals surface area contributed by atoms with Crippen molar-refractivity contribution in [1.82, 2.24) is 0 Å². The number of aliphatic hydroxyl groups is 1. The number of halogens is 6. The molecule has 0 saturated heterocycles. The highest BCUT2D eigenvalue weighted by atomic mass is 79.9. The quantitative estimate of drug-likeness (QED) is 0.493. The van der Waals surface area contributed by atoms with Gasteiger partial charge in [-0.15, -0.1) is 0 Å². The summed E-state index contributed by atoms with van der Waals surface area (Å²) in [5.74, 6) is -5.01. The van der Waals surface area contributed by atoms with Crippen molar-refractivity contribution in [3.8, 4) is 0 Å². The first-order chi connectivity index (χ1) is 12.8. The molecule has 0 amide bonds. The van der Waals surface area contributed by atoms with Crippen molar-refractivity contribution in [2.24, 2.45) is 29.1 Å².